The van der Waals surface area contributed by atoms with E-state index in [1.807, 2.05) is 36.5 Å². The average molecular weight is 398 g/mol. The lowest BCUT2D eigenvalue weighted by Gasteiger charge is -2.26. The van der Waals surface area contributed by atoms with Crippen LogP contribution in [0, 0.1) is 28.6 Å². The molecular weight excluding hydrogens is 383 g/mol. The molecule has 1 aromatic heterocycles. The molecule has 0 radical (unpaired) electrons. The predicted octanol–water partition coefficient (Wildman–Crippen LogP) is 2.87. The zero-order valence-corrected chi connectivity index (χ0v) is 15.5. The van der Waals surface area contributed by atoms with Crippen LogP contribution in [-0.2, 0) is 0 Å². The fourth-order valence-corrected chi connectivity index (χ4v) is 3.32. The van der Waals surface area contributed by atoms with Gasteiger partial charge in [0.15, 0.2) is 6.19 Å². The number of nitrogens with one attached hydrogen (secondary N) is 2. The van der Waals surface area contributed by atoms with Crippen LogP contribution in [0.5, 0.6) is 0 Å². The predicted molar refractivity (Wildman–Crippen MR) is 111 cm³/mol. The number of rotatable bonds is 2. The van der Waals surface area contributed by atoms with Crippen molar-refractivity contribution in [2.24, 2.45) is 4.99 Å². The third-order valence-electron chi connectivity index (χ3n) is 4.76. The third-order valence-corrected chi connectivity index (χ3v) is 4.76. The molecule has 8 nitrogen and oxygen atoms in total. The minimum atomic E-state index is -0.612. The summed E-state index contributed by atoms with van der Waals surface area (Å²) in [6.07, 6.45) is 1.81. The summed E-state index contributed by atoms with van der Waals surface area (Å²) in [5.74, 6) is 0.201. The number of fused-ring (bicyclic) bond motifs is 1. The van der Waals surface area contributed by atoms with Gasteiger partial charge in [0.1, 0.15) is 35.1 Å². The summed E-state index contributed by atoms with van der Waals surface area (Å²) in [5.41, 5.74) is 15.4. The molecular formula is C21H15FN8. The first kappa shape index (κ1) is 18.7. The molecule has 1 aliphatic heterocycles. The van der Waals surface area contributed by atoms with Crippen molar-refractivity contribution in [2.75, 3.05) is 16.8 Å². The summed E-state index contributed by atoms with van der Waals surface area (Å²) in [4.78, 5) is 8.74. The largest absolute Gasteiger partial charge is 0.397 e. The molecule has 9 heteroatoms. The number of anilines is 3. The molecule has 2 heterocycles. The minimum absolute atomic E-state index is 0.00938. The molecule has 0 fully saturated rings. The van der Waals surface area contributed by atoms with E-state index in [1.54, 1.807) is 12.1 Å². The Morgan fingerprint density at radius 2 is 1.63 bits per heavy atom. The number of aliphatic imine (C=N–C) groups is 1. The standard InChI is InChI=1S/C21H15FN8/c22-14-7-5-12(6-8-14)11-1-3-13(4-2-11)18-16-17(25)15(9-23)19(26)29-20(16)30-21(28-18)27-10-24/h1-8,18H,(H6,25,26,27,28,29,30). The van der Waals surface area contributed by atoms with Gasteiger partial charge >= 0.3 is 0 Å². The highest BCUT2D eigenvalue weighted by atomic mass is 19.1. The summed E-state index contributed by atoms with van der Waals surface area (Å²) >= 11 is 0. The number of hydrogen-bond donors (Lipinski definition) is 4. The van der Waals surface area contributed by atoms with E-state index < -0.39 is 6.04 Å². The molecule has 30 heavy (non-hydrogen) atoms. The SMILES string of the molecule is N#CNC1=NC(c2ccc(-c3ccc(F)cc3)cc2)c2c(nc(N)c(C#N)c2N)N1. The molecule has 146 valence electrons. The second-order valence-corrected chi connectivity index (χ2v) is 6.53. The number of nitrogens with zero attached hydrogens (tertiary/aromatic N) is 4. The molecule has 4 rings (SSSR count). The number of nitrogen functional groups attached to an aromatic ring is 2. The molecule has 1 aliphatic rings. The maximum absolute atomic E-state index is 13.2. The van der Waals surface area contributed by atoms with Crippen LogP contribution in [-0.4, -0.2) is 10.9 Å². The van der Waals surface area contributed by atoms with Gasteiger partial charge in [-0.25, -0.2) is 14.4 Å². The quantitative estimate of drug-likeness (QED) is 0.383. The number of pyridine rings is 1. The Balaban J connectivity index is 1.80. The van der Waals surface area contributed by atoms with Crippen LogP contribution in [0.2, 0.25) is 0 Å². The van der Waals surface area contributed by atoms with Gasteiger partial charge in [0.25, 0.3) is 0 Å². The van der Waals surface area contributed by atoms with E-state index in [1.165, 1.54) is 12.1 Å². The molecule has 0 saturated heterocycles. The Hall–Kier alpha value is -4.63. The molecule has 2 aromatic carbocycles. The summed E-state index contributed by atoms with van der Waals surface area (Å²) in [5, 5.41) is 23.7. The van der Waals surface area contributed by atoms with E-state index in [0.717, 1.165) is 16.7 Å². The third kappa shape index (κ3) is 3.21. The Kier molecular flexibility index (Phi) is 4.63. The number of halogens is 1. The van der Waals surface area contributed by atoms with Gasteiger partial charge in [0, 0.05) is 5.56 Å². The van der Waals surface area contributed by atoms with Gasteiger partial charge in [-0.15, -0.1) is 0 Å². The van der Waals surface area contributed by atoms with E-state index in [2.05, 4.69) is 20.6 Å². The zero-order valence-electron chi connectivity index (χ0n) is 15.5. The minimum Gasteiger partial charge on any atom is -0.397 e. The fraction of sp³-hybridized carbons (Fsp3) is 0.0476. The smallest absolute Gasteiger partial charge is 0.211 e. The summed E-state index contributed by atoms with van der Waals surface area (Å²) in [6.45, 7) is 0. The molecule has 0 bridgehead atoms. The van der Waals surface area contributed by atoms with E-state index >= 15 is 0 Å². The maximum atomic E-state index is 13.2. The Morgan fingerprint density at radius 3 is 2.23 bits per heavy atom. The first-order chi connectivity index (χ1) is 14.5. The maximum Gasteiger partial charge on any atom is 0.211 e. The van der Waals surface area contributed by atoms with Crippen molar-refractivity contribution in [3.8, 4) is 23.4 Å². The van der Waals surface area contributed by atoms with Gasteiger partial charge in [-0.1, -0.05) is 36.4 Å². The van der Waals surface area contributed by atoms with Crippen molar-refractivity contribution in [1.29, 1.82) is 10.5 Å². The lowest BCUT2D eigenvalue weighted by atomic mass is 9.93. The number of hydrogen-bond acceptors (Lipinski definition) is 8. The van der Waals surface area contributed by atoms with Crippen molar-refractivity contribution in [1.82, 2.24) is 10.3 Å². The monoisotopic (exact) mass is 398 g/mol. The Morgan fingerprint density at radius 1 is 1.00 bits per heavy atom. The van der Waals surface area contributed by atoms with Crippen LogP contribution in [0.3, 0.4) is 0 Å². The summed E-state index contributed by atoms with van der Waals surface area (Å²) in [6, 6.07) is 15.0. The lowest BCUT2D eigenvalue weighted by Crippen LogP contribution is -2.32. The second-order valence-electron chi connectivity index (χ2n) is 6.53. The number of guanidine groups is 1. The van der Waals surface area contributed by atoms with Gasteiger partial charge in [-0.2, -0.15) is 10.5 Å². The number of nitriles is 2. The lowest BCUT2D eigenvalue weighted by molar-refractivity contribution is 0.628. The van der Waals surface area contributed by atoms with Gasteiger partial charge in [-0.05, 0) is 28.8 Å². The van der Waals surface area contributed by atoms with Crippen LogP contribution < -0.4 is 22.1 Å². The van der Waals surface area contributed by atoms with Gasteiger partial charge in [0.05, 0.1) is 5.69 Å². The first-order valence-corrected chi connectivity index (χ1v) is 8.86. The molecule has 0 amide bonds. The molecule has 3 aromatic rings. The highest BCUT2D eigenvalue weighted by molar-refractivity contribution is 5.98. The van der Waals surface area contributed by atoms with E-state index in [4.69, 9.17) is 16.7 Å². The van der Waals surface area contributed by atoms with Crippen LogP contribution in [0.1, 0.15) is 22.7 Å². The van der Waals surface area contributed by atoms with Gasteiger partial charge < -0.3 is 16.8 Å². The summed E-state index contributed by atoms with van der Waals surface area (Å²) < 4.78 is 13.2. The van der Waals surface area contributed by atoms with Crippen LogP contribution in [0.25, 0.3) is 11.1 Å². The van der Waals surface area contributed by atoms with Crippen molar-refractivity contribution >= 4 is 23.3 Å². The van der Waals surface area contributed by atoms with Gasteiger partial charge in [0.2, 0.25) is 5.96 Å². The molecule has 0 spiro atoms. The fourth-order valence-electron chi connectivity index (χ4n) is 3.32. The van der Waals surface area contributed by atoms with E-state index in [9.17, 15) is 9.65 Å². The van der Waals surface area contributed by atoms with Crippen molar-refractivity contribution < 1.29 is 4.39 Å². The zero-order chi connectivity index (χ0) is 21.3. The normalized spacial score (nSPS) is 14.5. The van der Waals surface area contributed by atoms with Crippen molar-refractivity contribution in [3.05, 3.63) is 71.0 Å². The molecule has 0 aliphatic carbocycles. The van der Waals surface area contributed by atoms with Crippen LogP contribution >= 0.6 is 0 Å². The highest BCUT2D eigenvalue weighted by Crippen LogP contribution is 2.40. The van der Waals surface area contributed by atoms with Crippen molar-refractivity contribution in [2.45, 2.75) is 6.04 Å². The Bertz CT molecular complexity index is 1230. The first-order valence-electron chi connectivity index (χ1n) is 8.86. The number of aromatic nitrogens is 1. The number of benzene rings is 2. The van der Waals surface area contributed by atoms with Gasteiger partial charge in [-0.3, -0.25) is 5.32 Å². The van der Waals surface area contributed by atoms with Crippen molar-refractivity contribution in [3.63, 3.8) is 0 Å². The molecule has 0 saturated carbocycles. The number of nitrogens with two attached hydrogens (primary N) is 2. The van der Waals surface area contributed by atoms with E-state index in [-0.39, 0.29) is 28.8 Å². The topological polar surface area (TPSA) is 149 Å². The average Bonchev–Trinajstić information content (AvgIpc) is 2.74. The van der Waals surface area contributed by atoms with Crippen LogP contribution in [0.4, 0.5) is 21.7 Å². The molecule has 1 atom stereocenters. The molecule has 1 unspecified atom stereocenters. The second kappa shape index (κ2) is 7.41. The molecule has 6 N–H and O–H groups in total. The van der Waals surface area contributed by atoms with E-state index in [0.29, 0.717) is 11.4 Å². The Labute approximate surface area is 171 Å². The summed E-state index contributed by atoms with van der Waals surface area (Å²) in [7, 11) is 0. The highest BCUT2D eigenvalue weighted by Gasteiger charge is 2.29. The van der Waals surface area contributed by atoms with Crippen LogP contribution in [0.15, 0.2) is 53.5 Å².